The Labute approximate surface area is 178 Å². The second kappa shape index (κ2) is 8.59. The van der Waals surface area contributed by atoms with E-state index in [0.717, 1.165) is 16.6 Å². The third-order valence-corrected chi connectivity index (χ3v) is 5.43. The second-order valence-corrected chi connectivity index (χ2v) is 7.61. The zero-order chi connectivity index (χ0) is 21.1. The summed E-state index contributed by atoms with van der Waals surface area (Å²) >= 11 is 5.89. The van der Waals surface area contributed by atoms with Gasteiger partial charge in [0, 0.05) is 53.9 Å². The highest BCUT2D eigenvalue weighted by molar-refractivity contribution is 6.30. The number of carbonyl (C=O) groups excluding carboxylic acids is 3. The van der Waals surface area contributed by atoms with Gasteiger partial charge < -0.3 is 20.5 Å². The monoisotopic (exact) mass is 424 g/mol. The Morgan fingerprint density at radius 2 is 1.80 bits per heavy atom. The minimum absolute atomic E-state index is 0.0925. The van der Waals surface area contributed by atoms with Crippen LogP contribution in [0.2, 0.25) is 5.02 Å². The highest BCUT2D eigenvalue weighted by atomic mass is 35.5. The number of para-hydroxylation sites is 1. The van der Waals surface area contributed by atoms with Gasteiger partial charge in [-0.15, -0.1) is 0 Å². The smallest absolute Gasteiger partial charge is 0.253 e. The van der Waals surface area contributed by atoms with Gasteiger partial charge >= 0.3 is 0 Å². The summed E-state index contributed by atoms with van der Waals surface area (Å²) in [5.41, 5.74) is 2.19. The summed E-state index contributed by atoms with van der Waals surface area (Å²) in [5.74, 6) is -0.907. The highest BCUT2D eigenvalue weighted by Crippen LogP contribution is 2.26. The third-order valence-electron chi connectivity index (χ3n) is 5.18. The first-order chi connectivity index (χ1) is 14.5. The highest BCUT2D eigenvalue weighted by Gasteiger charge is 2.34. The van der Waals surface area contributed by atoms with Crippen molar-refractivity contribution in [3.05, 3.63) is 65.3 Å². The molecule has 1 saturated heterocycles. The normalized spacial score (nSPS) is 16.1. The number of fused-ring (bicyclic) bond motifs is 1. The fourth-order valence-corrected chi connectivity index (χ4v) is 3.74. The van der Waals surface area contributed by atoms with Crippen LogP contribution < -0.4 is 15.5 Å². The summed E-state index contributed by atoms with van der Waals surface area (Å²) in [4.78, 5) is 41.8. The van der Waals surface area contributed by atoms with Gasteiger partial charge in [-0.2, -0.15) is 0 Å². The molecule has 1 atom stereocenters. The Morgan fingerprint density at radius 1 is 1.07 bits per heavy atom. The molecular weight excluding hydrogens is 404 g/mol. The first kappa shape index (κ1) is 20.0. The van der Waals surface area contributed by atoms with Gasteiger partial charge in [0.2, 0.25) is 11.8 Å². The average Bonchev–Trinajstić information content (AvgIpc) is 3.35. The molecular formula is C22H21ClN4O3. The van der Waals surface area contributed by atoms with Crippen LogP contribution in [0.4, 0.5) is 5.69 Å². The zero-order valence-corrected chi connectivity index (χ0v) is 16.9. The van der Waals surface area contributed by atoms with Gasteiger partial charge in [-0.3, -0.25) is 14.4 Å². The van der Waals surface area contributed by atoms with Gasteiger partial charge in [-0.25, -0.2) is 0 Å². The summed E-state index contributed by atoms with van der Waals surface area (Å²) in [5, 5.41) is 7.06. The lowest BCUT2D eigenvalue weighted by molar-refractivity contribution is -0.126. The molecule has 0 saturated carbocycles. The molecule has 1 aromatic heterocycles. The van der Waals surface area contributed by atoms with E-state index in [0.29, 0.717) is 30.2 Å². The van der Waals surface area contributed by atoms with Gasteiger partial charge in [0.25, 0.3) is 5.91 Å². The number of benzene rings is 2. The number of H-pyrrole nitrogens is 1. The van der Waals surface area contributed by atoms with Crippen molar-refractivity contribution in [2.24, 2.45) is 5.92 Å². The first-order valence-electron chi connectivity index (χ1n) is 9.71. The van der Waals surface area contributed by atoms with Crippen molar-refractivity contribution in [3.8, 4) is 0 Å². The molecule has 2 aromatic carbocycles. The number of rotatable bonds is 6. The molecule has 8 heteroatoms. The maximum absolute atomic E-state index is 12.4. The van der Waals surface area contributed by atoms with Crippen molar-refractivity contribution in [2.75, 3.05) is 24.5 Å². The van der Waals surface area contributed by atoms with Crippen LogP contribution in [0.15, 0.2) is 54.7 Å². The number of aromatic amines is 1. The summed E-state index contributed by atoms with van der Waals surface area (Å²) in [6.45, 7) is 0.915. The lowest BCUT2D eigenvalue weighted by atomic mass is 10.1. The number of anilines is 1. The lowest BCUT2D eigenvalue weighted by Crippen LogP contribution is -2.38. The molecule has 0 bridgehead atoms. The summed E-state index contributed by atoms with van der Waals surface area (Å²) in [7, 11) is 0. The van der Waals surface area contributed by atoms with Crippen molar-refractivity contribution >= 4 is 45.9 Å². The standard InChI is InChI=1S/C22H21ClN4O3/c23-15-5-7-16(8-6-15)27-13-14(11-20(27)28)21(29)24-9-10-25-22(30)18-12-26-19-4-2-1-3-17(18)19/h1-8,12,14,26H,9-11,13H2,(H,24,29)(H,25,30)/t14-/m1/s1. The number of carbonyl (C=O) groups is 3. The molecule has 0 spiro atoms. The van der Waals surface area contributed by atoms with Crippen molar-refractivity contribution in [2.45, 2.75) is 6.42 Å². The zero-order valence-electron chi connectivity index (χ0n) is 16.2. The summed E-state index contributed by atoms with van der Waals surface area (Å²) < 4.78 is 0. The largest absolute Gasteiger partial charge is 0.360 e. The molecule has 0 unspecified atom stereocenters. The molecule has 0 aliphatic carbocycles. The van der Waals surface area contributed by atoms with Crippen molar-refractivity contribution in [1.29, 1.82) is 0 Å². The topological polar surface area (TPSA) is 94.3 Å². The molecule has 1 aliphatic heterocycles. The van der Waals surface area contributed by atoms with E-state index in [1.807, 2.05) is 24.3 Å². The van der Waals surface area contributed by atoms with Crippen LogP contribution in [0.5, 0.6) is 0 Å². The molecule has 0 radical (unpaired) electrons. The van der Waals surface area contributed by atoms with Crippen molar-refractivity contribution in [1.82, 2.24) is 15.6 Å². The Bertz CT molecular complexity index is 1090. The molecule has 154 valence electrons. The van der Waals surface area contributed by atoms with Gasteiger partial charge in [0.15, 0.2) is 0 Å². The van der Waals surface area contributed by atoms with E-state index in [9.17, 15) is 14.4 Å². The minimum atomic E-state index is -0.419. The maximum Gasteiger partial charge on any atom is 0.253 e. The van der Waals surface area contributed by atoms with Gasteiger partial charge in [-0.05, 0) is 30.3 Å². The summed E-state index contributed by atoms with van der Waals surface area (Å²) in [6.07, 6.45) is 1.84. The van der Waals surface area contributed by atoms with E-state index in [-0.39, 0.29) is 24.1 Å². The SMILES string of the molecule is O=C(NCCNC(=O)[C@@H]1CC(=O)N(c2ccc(Cl)cc2)C1)c1c[nH]c2ccccc12. The molecule has 1 aliphatic rings. The molecule has 3 amide bonds. The van der Waals surface area contributed by atoms with E-state index < -0.39 is 5.92 Å². The number of halogens is 1. The molecule has 1 fully saturated rings. The van der Waals surface area contributed by atoms with Gasteiger partial charge in [0.05, 0.1) is 11.5 Å². The third kappa shape index (κ3) is 4.16. The van der Waals surface area contributed by atoms with Crippen LogP contribution in [0.1, 0.15) is 16.8 Å². The Balaban J connectivity index is 1.25. The minimum Gasteiger partial charge on any atom is -0.360 e. The predicted molar refractivity (Wildman–Crippen MR) is 116 cm³/mol. The Hall–Kier alpha value is -3.32. The summed E-state index contributed by atoms with van der Waals surface area (Å²) in [6, 6.07) is 14.5. The molecule has 3 N–H and O–H groups in total. The van der Waals surface area contributed by atoms with Crippen LogP contribution in [-0.4, -0.2) is 42.3 Å². The van der Waals surface area contributed by atoms with E-state index >= 15 is 0 Å². The molecule has 30 heavy (non-hydrogen) atoms. The fraction of sp³-hybridized carbons (Fsp3) is 0.227. The molecule has 3 aromatic rings. The number of hydrogen-bond donors (Lipinski definition) is 3. The van der Waals surface area contributed by atoms with Crippen LogP contribution in [0, 0.1) is 5.92 Å². The van der Waals surface area contributed by atoms with Gasteiger partial charge in [-0.1, -0.05) is 29.8 Å². The van der Waals surface area contributed by atoms with E-state index in [2.05, 4.69) is 15.6 Å². The van der Waals surface area contributed by atoms with Gasteiger partial charge in [0.1, 0.15) is 0 Å². The number of hydrogen-bond acceptors (Lipinski definition) is 3. The Kier molecular flexibility index (Phi) is 5.72. The quantitative estimate of drug-likeness (QED) is 0.531. The number of nitrogens with one attached hydrogen (secondary N) is 3. The van der Waals surface area contributed by atoms with E-state index in [4.69, 9.17) is 11.6 Å². The molecule has 4 rings (SSSR count). The number of amides is 3. The average molecular weight is 425 g/mol. The second-order valence-electron chi connectivity index (χ2n) is 7.18. The van der Waals surface area contributed by atoms with Crippen LogP contribution >= 0.6 is 11.6 Å². The van der Waals surface area contributed by atoms with E-state index in [1.54, 1.807) is 35.4 Å². The van der Waals surface area contributed by atoms with E-state index in [1.165, 1.54) is 0 Å². The first-order valence-corrected chi connectivity index (χ1v) is 10.1. The van der Waals surface area contributed by atoms with Crippen molar-refractivity contribution < 1.29 is 14.4 Å². The number of aromatic nitrogens is 1. The predicted octanol–water partition coefficient (Wildman–Crippen LogP) is 2.72. The molecule has 7 nitrogen and oxygen atoms in total. The van der Waals surface area contributed by atoms with Crippen LogP contribution in [0.3, 0.4) is 0 Å². The van der Waals surface area contributed by atoms with Crippen molar-refractivity contribution in [3.63, 3.8) is 0 Å². The molecule has 2 heterocycles. The Morgan fingerprint density at radius 3 is 2.60 bits per heavy atom. The van der Waals surface area contributed by atoms with Crippen LogP contribution in [-0.2, 0) is 9.59 Å². The maximum atomic E-state index is 12.4. The van der Waals surface area contributed by atoms with Crippen LogP contribution in [0.25, 0.3) is 10.9 Å². The fourth-order valence-electron chi connectivity index (χ4n) is 3.61. The lowest BCUT2D eigenvalue weighted by Gasteiger charge is -2.16. The number of nitrogens with zero attached hydrogens (tertiary/aromatic N) is 1.